The fourth-order valence-electron chi connectivity index (χ4n) is 0.422. The van der Waals surface area contributed by atoms with Crippen molar-refractivity contribution in [2.24, 2.45) is 0 Å². The summed E-state index contributed by atoms with van der Waals surface area (Å²) in [5.74, 6) is 0. The molecule has 0 saturated heterocycles. The van der Waals surface area contributed by atoms with E-state index in [0.717, 1.165) is 0 Å². The molecule has 2 atom stereocenters. The van der Waals surface area contributed by atoms with E-state index in [1.54, 1.807) is 0 Å². The van der Waals surface area contributed by atoms with Crippen LogP contribution in [0.25, 0.3) is 0 Å². The highest BCUT2D eigenvalue weighted by atomic mass is 79.9. The van der Waals surface area contributed by atoms with Crippen LogP contribution in [0.5, 0.6) is 0 Å². The molecule has 0 aromatic heterocycles. The van der Waals surface area contributed by atoms with E-state index in [0.29, 0.717) is 0 Å². The van der Waals surface area contributed by atoms with Gasteiger partial charge < -0.3 is 15.3 Å². The number of hydrogen-bond donors (Lipinski definition) is 3. The van der Waals surface area contributed by atoms with Crippen molar-refractivity contribution in [1.82, 2.24) is 0 Å². The molecule has 0 aliphatic rings. The second-order valence-corrected chi connectivity index (χ2v) is 2.76. The maximum atomic E-state index is 10.2. The minimum Gasteiger partial charge on any atom is -0.394 e. The molecule has 5 heteroatoms. The Morgan fingerprint density at radius 1 is 1.40 bits per heavy atom. The normalized spacial score (nSPS) is 16.4. The molecule has 0 amide bonds. The SMILES string of the molecule is O=C(Br)C[C@H](O)[C@H](O)CO. The Balaban J connectivity index is 3.61. The zero-order valence-corrected chi connectivity index (χ0v) is 6.78. The first kappa shape index (κ1) is 10.0. The molecule has 0 aromatic carbocycles. The predicted octanol–water partition coefficient (Wildman–Crippen LogP) is -0.988. The van der Waals surface area contributed by atoms with Crippen molar-refractivity contribution < 1.29 is 20.1 Å². The maximum absolute atomic E-state index is 10.2. The van der Waals surface area contributed by atoms with Gasteiger partial charge in [-0.05, 0) is 15.9 Å². The van der Waals surface area contributed by atoms with Crippen molar-refractivity contribution in [3.8, 4) is 0 Å². The van der Waals surface area contributed by atoms with Gasteiger partial charge in [-0.15, -0.1) is 0 Å². The Labute approximate surface area is 66.6 Å². The van der Waals surface area contributed by atoms with Crippen LogP contribution in [0.15, 0.2) is 0 Å². The standard InChI is InChI=1S/C5H9BrO4/c6-5(10)1-3(8)4(9)2-7/h3-4,7-9H,1-2H2/t3-,4+/m0/s1. The van der Waals surface area contributed by atoms with Crippen LogP contribution in [-0.4, -0.2) is 38.8 Å². The fraction of sp³-hybridized carbons (Fsp3) is 0.800. The molecular weight excluding hydrogens is 204 g/mol. The second-order valence-electron chi connectivity index (χ2n) is 1.88. The van der Waals surface area contributed by atoms with Gasteiger partial charge in [0, 0.05) is 6.42 Å². The van der Waals surface area contributed by atoms with Crippen LogP contribution in [0.1, 0.15) is 6.42 Å². The Bertz CT molecular complexity index is 116. The third kappa shape index (κ3) is 3.94. The monoisotopic (exact) mass is 212 g/mol. The molecule has 4 nitrogen and oxygen atoms in total. The van der Waals surface area contributed by atoms with Crippen LogP contribution in [0.4, 0.5) is 0 Å². The van der Waals surface area contributed by atoms with Crippen LogP contribution in [0.2, 0.25) is 0 Å². The van der Waals surface area contributed by atoms with Gasteiger partial charge in [-0.25, -0.2) is 0 Å². The number of halogens is 1. The minimum atomic E-state index is -1.23. The summed E-state index contributed by atoms with van der Waals surface area (Å²) in [6.45, 7) is -0.540. The van der Waals surface area contributed by atoms with Crippen molar-refractivity contribution in [2.45, 2.75) is 18.6 Å². The van der Waals surface area contributed by atoms with Gasteiger partial charge >= 0.3 is 0 Å². The average Bonchev–Trinajstić information content (AvgIpc) is 1.85. The lowest BCUT2D eigenvalue weighted by Gasteiger charge is -2.12. The molecule has 10 heavy (non-hydrogen) atoms. The fourth-order valence-corrected chi connectivity index (χ4v) is 0.754. The summed E-state index contributed by atoms with van der Waals surface area (Å²) in [5.41, 5.74) is 0. The molecule has 0 bridgehead atoms. The van der Waals surface area contributed by atoms with Gasteiger partial charge in [0.05, 0.1) is 12.7 Å². The lowest BCUT2D eigenvalue weighted by Crippen LogP contribution is -2.30. The van der Waals surface area contributed by atoms with Gasteiger partial charge in [0.1, 0.15) is 6.10 Å². The number of carbonyl (C=O) groups excluding carboxylic acids is 1. The van der Waals surface area contributed by atoms with Crippen LogP contribution in [0.3, 0.4) is 0 Å². The predicted molar refractivity (Wildman–Crippen MR) is 37.7 cm³/mol. The van der Waals surface area contributed by atoms with E-state index in [1.165, 1.54) is 0 Å². The Morgan fingerprint density at radius 2 is 1.90 bits per heavy atom. The van der Waals surface area contributed by atoms with Crippen LogP contribution >= 0.6 is 15.9 Å². The summed E-state index contributed by atoms with van der Waals surface area (Å²) < 4.78 is -0.396. The van der Waals surface area contributed by atoms with E-state index in [1.807, 2.05) is 0 Å². The molecule has 0 radical (unpaired) electrons. The molecule has 0 aromatic rings. The third-order valence-corrected chi connectivity index (χ3v) is 1.32. The lowest BCUT2D eigenvalue weighted by molar-refractivity contribution is -0.114. The van der Waals surface area contributed by atoms with Crippen molar-refractivity contribution in [3.05, 3.63) is 0 Å². The Kier molecular flexibility index (Phi) is 4.80. The summed E-state index contributed by atoms with van der Waals surface area (Å²) >= 11 is 2.58. The zero-order valence-electron chi connectivity index (χ0n) is 5.20. The van der Waals surface area contributed by atoms with Gasteiger partial charge in [-0.2, -0.15) is 0 Å². The molecule has 0 aliphatic carbocycles. The zero-order chi connectivity index (χ0) is 8.15. The number of carbonyl (C=O) groups is 1. The highest BCUT2D eigenvalue weighted by Gasteiger charge is 2.16. The van der Waals surface area contributed by atoms with Gasteiger partial charge in [-0.3, -0.25) is 4.79 Å². The quantitative estimate of drug-likeness (QED) is 0.524. The number of aliphatic hydroxyl groups excluding tert-OH is 3. The number of rotatable bonds is 4. The Hall–Kier alpha value is 0.0300. The highest BCUT2D eigenvalue weighted by molar-refractivity contribution is 9.18. The molecule has 3 N–H and O–H groups in total. The molecule has 60 valence electrons. The van der Waals surface area contributed by atoms with E-state index in [-0.39, 0.29) is 6.42 Å². The first-order chi connectivity index (χ1) is 4.57. The average molecular weight is 213 g/mol. The summed E-state index contributed by atoms with van der Waals surface area (Å²) in [4.78, 5) is 10.2. The van der Waals surface area contributed by atoms with E-state index in [2.05, 4.69) is 15.9 Å². The summed E-state index contributed by atoms with van der Waals surface area (Å²) in [5, 5.41) is 25.8. The number of hydrogen-bond acceptors (Lipinski definition) is 4. The van der Waals surface area contributed by atoms with Gasteiger partial charge in [0.15, 0.2) is 4.69 Å². The molecule has 0 aliphatic heterocycles. The minimum absolute atomic E-state index is 0.193. The van der Waals surface area contributed by atoms with Gasteiger partial charge in [-0.1, -0.05) is 0 Å². The molecule has 0 heterocycles. The molecular formula is C5H9BrO4. The number of aliphatic hydroxyl groups is 3. The first-order valence-corrected chi connectivity index (χ1v) is 3.52. The van der Waals surface area contributed by atoms with Gasteiger partial charge in [0.25, 0.3) is 0 Å². The van der Waals surface area contributed by atoms with E-state index >= 15 is 0 Å². The summed E-state index contributed by atoms with van der Waals surface area (Å²) in [7, 11) is 0. The molecule has 0 rings (SSSR count). The lowest BCUT2D eigenvalue weighted by atomic mass is 10.2. The van der Waals surface area contributed by atoms with E-state index in [9.17, 15) is 4.79 Å². The van der Waals surface area contributed by atoms with E-state index in [4.69, 9.17) is 15.3 Å². The molecule has 0 unspecified atom stereocenters. The van der Waals surface area contributed by atoms with Crippen molar-refractivity contribution >= 4 is 20.6 Å². The smallest absolute Gasteiger partial charge is 0.200 e. The third-order valence-electron chi connectivity index (χ3n) is 1.00. The van der Waals surface area contributed by atoms with Crippen LogP contribution in [-0.2, 0) is 4.79 Å². The Morgan fingerprint density at radius 3 is 2.20 bits per heavy atom. The van der Waals surface area contributed by atoms with Crippen molar-refractivity contribution in [3.63, 3.8) is 0 Å². The second kappa shape index (κ2) is 4.79. The van der Waals surface area contributed by atoms with Crippen molar-refractivity contribution in [2.75, 3.05) is 6.61 Å². The van der Waals surface area contributed by atoms with Crippen LogP contribution < -0.4 is 0 Å². The van der Waals surface area contributed by atoms with Crippen LogP contribution in [0, 0.1) is 0 Å². The van der Waals surface area contributed by atoms with Crippen molar-refractivity contribution in [1.29, 1.82) is 0 Å². The molecule has 0 fully saturated rings. The molecule has 0 saturated carbocycles. The highest BCUT2D eigenvalue weighted by Crippen LogP contribution is 2.02. The molecule has 0 spiro atoms. The topological polar surface area (TPSA) is 77.8 Å². The first-order valence-electron chi connectivity index (χ1n) is 2.73. The van der Waals surface area contributed by atoms with E-state index < -0.39 is 23.5 Å². The maximum Gasteiger partial charge on any atom is 0.200 e. The summed E-state index contributed by atoms with van der Waals surface area (Å²) in [6.07, 6.45) is -2.61. The summed E-state index contributed by atoms with van der Waals surface area (Å²) in [6, 6.07) is 0. The largest absolute Gasteiger partial charge is 0.394 e. The van der Waals surface area contributed by atoms with Gasteiger partial charge in [0.2, 0.25) is 0 Å².